The SMILES string of the molecule is Cc1cncc(CCC(=O)N2CCCN(Cc3ccc(C(F)(F)F)cc3)CC2)c1. The van der Waals surface area contributed by atoms with E-state index in [1.165, 1.54) is 12.1 Å². The zero-order chi connectivity index (χ0) is 20.9. The minimum atomic E-state index is -4.31. The number of benzene rings is 1. The summed E-state index contributed by atoms with van der Waals surface area (Å²) in [5.41, 5.74) is 2.38. The number of carbonyl (C=O) groups excluding carboxylic acids is 1. The van der Waals surface area contributed by atoms with Crippen molar-refractivity contribution in [3.8, 4) is 0 Å². The van der Waals surface area contributed by atoms with Gasteiger partial charge in [0.2, 0.25) is 5.91 Å². The van der Waals surface area contributed by atoms with Crippen molar-refractivity contribution in [1.82, 2.24) is 14.8 Å². The summed E-state index contributed by atoms with van der Waals surface area (Å²) < 4.78 is 38.1. The minimum Gasteiger partial charge on any atom is -0.341 e. The Bertz CT molecular complexity index is 821. The number of aryl methyl sites for hydroxylation is 2. The van der Waals surface area contributed by atoms with Crippen LogP contribution >= 0.6 is 0 Å². The standard InChI is InChI=1S/C22H26F3N3O/c1-17-13-19(15-26-14-17)5-8-21(29)28-10-2-9-27(11-12-28)16-18-3-6-20(7-4-18)22(23,24)25/h3-4,6-7,13-15H,2,5,8-12,16H2,1H3. The van der Waals surface area contributed by atoms with Gasteiger partial charge in [-0.15, -0.1) is 0 Å². The van der Waals surface area contributed by atoms with E-state index < -0.39 is 11.7 Å². The van der Waals surface area contributed by atoms with Crippen LogP contribution in [-0.2, 0) is 23.9 Å². The van der Waals surface area contributed by atoms with Crippen LogP contribution in [-0.4, -0.2) is 46.9 Å². The number of rotatable bonds is 5. The van der Waals surface area contributed by atoms with Gasteiger partial charge >= 0.3 is 6.18 Å². The van der Waals surface area contributed by atoms with Crippen LogP contribution in [0.3, 0.4) is 0 Å². The molecule has 1 amide bonds. The topological polar surface area (TPSA) is 36.4 Å². The van der Waals surface area contributed by atoms with Crippen molar-refractivity contribution in [3.63, 3.8) is 0 Å². The first-order valence-corrected chi connectivity index (χ1v) is 9.88. The number of alkyl halides is 3. The molecule has 0 atom stereocenters. The first-order valence-electron chi connectivity index (χ1n) is 9.88. The highest BCUT2D eigenvalue weighted by molar-refractivity contribution is 5.76. The van der Waals surface area contributed by atoms with Crippen molar-refractivity contribution in [2.24, 2.45) is 0 Å². The van der Waals surface area contributed by atoms with Crippen LogP contribution < -0.4 is 0 Å². The highest BCUT2D eigenvalue weighted by atomic mass is 19.4. The summed E-state index contributed by atoms with van der Waals surface area (Å²) in [5, 5.41) is 0. The van der Waals surface area contributed by atoms with Crippen LogP contribution in [0.2, 0.25) is 0 Å². The molecule has 0 unspecified atom stereocenters. The highest BCUT2D eigenvalue weighted by Gasteiger charge is 2.30. The van der Waals surface area contributed by atoms with Crippen molar-refractivity contribution in [3.05, 3.63) is 65.0 Å². The Hall–Kier alpha value is -2.41. The Balaban J connectivity index is 1.48. The predicted molar refractivity (Wildman–Crippen MR) is 105 cm³/mol. The molecule has 0 saturated carbocycles. The van der Waals surface area contributed by atoms with E-state index in [9.17, 15) is 18.0 Å². The van der Waals surface area contributed by atoms with Gasteiger partial charge in [0, 0.05) is 51.5 Å². The smallest absolute Gasteiger partial charge is 0.341 e. The minimum absolute atomic E-state index is 0.142. The Morgan fingerprint density at radius 2 is 1.79 bits per heavy atom. The normalized spacial score (nSPS) is 15.9. The maximum atomic E-state index is 12.7. The third-order valence-corrected chi connectivity index (χ3v) is 5.19. The van der Waals surface area contributed by atoms with Gasteiger partial charge in [0.05, 0.1) is 5.56 Å². The van der Waals surface area contributed by atoms with Crippen molar-refractivity contribution in [2.45, 2.75) is 38.9 Å². The molecule has 1 aromatic carbocycles. The summed E-state index contributed by atoms with van der Waals surface area (Å²) in [6, 6.07) is 7.37. The lowest BCUT2D eigenvalue weighted by Gasteiger charge is -2.22. The molecule has 1 aromatic heterocycles. The number of hydrogen-bond acceptors (Lipinski definition) is 3. The summed E-state index contributed by atoms with van der Waals surface area (Å²) in [7, 11) is 0. The van der Waals surface area contributed by atoms with Crippen LogP contribution in [0.5, 0.6) is 0 Å². The van der Waals surface area contributed by atoms with Crippen LogP contribution in [0.25, 0.3) is 0 Å². The first kappa shape index (κ1) is 21.3. The molecule has 4 nitrogen and oxygen atoms in total. The molecule has 1 aliphatic heterocycles. The van der Waals surface area contributed by atoms with Gasteiger partial charge in [0.15, 0.2) is 0 Å². The molecule has 0 spiro atoms. The van der Waals surface area contributed by atoms with Crippen molar-refractivity contribution < 1.29 is 18.0 Å². The van der Waals surface area contributed by atoms with Crippen molar-refractivity contribution in [2.75, 3.05) is 26.2 Å². The number of nitrogens with zero attached hydrogens (tertiary/aromatic N) is 3. The zero-order valence-corrected chi connectivity index (χ0v) is 16.6. The molecule has 0 aliphatic carbocycles. The Labute approximate surface area is 169 Å². The van der Waals surface area contributed by atoms with Crippen LogP contribution in [0.1, 0.15) is 35.1 Å². The molecule has 2 heterocycles. The molecule has 0 radical (unpaired) electrons. The van der Waals surface area contributed by atoms with Gasteiger partial charge < -0.3 is 4.90 Å². The van der Waals surface area contributed by atoms with E-state index in [2.05, 4.69) is 16.0 Å². The molecule has 3 rings (SSSR count). The maximum absolute atomic E-state index is 12.7. The fraction of sp³-hybridized carbons (Fsp3) is 0.455. The second kappa shape index (κ2) is 9.39. The van der Waals surface area contributed by atoms with Gasteiger partial charge in [-0.3, -0.25) is 14.7 Å². The highest BCUT2D eigenvalue weighted by Crippen LogP contribution is 2.29. The molecule has 0 N–H and O–H groups in total. The molecular formula is C22H26F3N3O. The second-order valence-electron chi connectivity index (χ2n) is 7.58. The van der Waals surface area contributed by atoms with Gasteiger partial charge in [-0.1, -0.05) is 18.2 Å². The van der Waals surface area contributed by atoms with Crippen LogP contribution in [0.15, 0.2) is 42.7 Å². The average Bonchev–Trinajstić information content (AvgIpc) is 2.92. The van der Waals surface area contributed by atoms with E-state index in [0.717, 1.165) is 48.3 Å². The van der Waals surface area contributed by atoms with Crippen molar-refractivity contribution >= 4 is 5.91 Å². The fourth-order valence-corrected chi connectivity index (χ4v) is 3.60. The lowest BCUT2D eigenvalue weighted by Crippen LogP contribution is -2.35. The Kier molecular flexibility index (Phi) is 6.90. The summed E-state index contributed by atoms with van der Waals surface area (Å²) in [6.07, 6.45) is 1.29. The van der Waals surface area contributed by atoms with Crippen LogP contribution in [0, 0.1) is 6.92 Å². The molecule has 1 saturated heterocycles. The van der Waals surface area contributed by atoms with Gasteiger partial charge in [-0.05, 0) is 48.6 Å². The quantitative estimate of drug-likeness (QED) is 0.752. The van der Waals surface area contributed by atoms with Gasteiger partial charge in [-0.25, -0.2) is 0 Å². The Morgan fingerprint density at radius 3 is 2.48 bits per heavy atom. The number of carbonyl (C=O) groups is 1. The lowest BCUT2D eigenvalue weighted by atomic mass is 10.1. The maximum Gasteiger partial charge on any atom is 0.416 e. The molecule has 156 valence electrons. The fourth-order valence-electron chi connectivity index (χ4n) is 3.60. The van der Waals surface area contributed by atoms with E-state index in [4.69, 9.17) is 0 Å². The molecule has 1 fully saturated rings. The largest absolute Gasteiger partial charge is 0.416 e. The monoisotopic (exact) mass is 405 g/mol. The van der Waals surface area contributed by atoms with E-state index in [1.807, 2.05) is 11.8 Å². The average molecular weight is 405 g/mol. The number of halogens is 3. The van der Waals surface area contributed by atoms with Gasteiger partial charge in [0.25, 0.3) is 0 Å². The molecular weight excluding hydrogens is 379 g/mol. The molecule has 0 bridgehead atoms. The number of hydrogen-bond donors (Lipinski definition) is 0. The predicted octanol–water partition coefficient (Wildman–Crippen LogP) is 4.08. The summed E-state index contributed by atoms with van der Waals surface area (Å²) in [5.74, 6) is 0.142. The first-order chi connectivity index (χ1) is 13.8. The third-order valence-electron chi connectivity index (χ3n) is 5.19. The molecule has 29 heavy (non-hydrogen) atoms. The van der Waals surface area contributed by atoms with E-state index in [-0.39, 0.29) is 5.91 Å². The number of aromatic nitrogens is 1. The lowest BCUT2D eigenvalue weighted by molar-refractivity contribution is -0.137. The third kappa shape index (κ3) is 6.29. The molecule has 7 heteroatoms. The van der Waals surface area contributed by atoms with Crippen molar-refractivity contribution in [1.29, 1.82) is 0 Å². The van der Waals surface area contributed by atoms with Gasteiger partial charge in [0.1, 0.15) is 0 Å². The second-order valence-corrected chi connectivity index (χ2v) is 7.58. The van der Waals surface area contributed by atoms with Gasteiger partial charge in [-0.2, -0.15) is 13.2 Å². The summed E-state index contributed by atoms with van der Waals surface area (Å²) >= 11 is 0. The summed E-state index contributed by atoms with van der Waals surface area (Å²) in [6.45, 7) is 5.48. The summed E-state index contributed by atoms with van der Waals surface area (Å²) in [4.78, 5) is 20.8. The van der Waals surface area contributed by atoms with E-state index in [1.54, 1.807) is 12.4 Å². The number of amides is 1. The zero-order valence-electron chi connectivity index (χ0n) is 16.6. The van der Waals surface area contributed by atoms with E-state index >= 15 is 0 Å². The molecule has 2 aromatic rings. The van der Waals surface area contributed by atoms with E-state index in [0.29, 0.717) is 32.5 Å². The molecule has 1 aliphatic rings. The van der Waals surface area contributed by atoms with Crippen LogP contribution in [0.4, 0.5) is 13.2 Å². The Morgan fingerprint density at radius 1 is 1.03 bits per heavy atom. The number of pyridine rings is 1.